The van der Waals surface area contributed by atoms with Gasteiger partial charge in [-0.15, -0.1) is 0 Å². The maximum atomic E-state index is 11.8. The molecule has 26 heavy (non-hydrogen) atoms. The predicted octanol–water partition coefficient (Wildman–Crippen LogP) is 4.80. The fourth-order valence-corrected chi connectivity index (χ4v) is 3.04. The molecule has 5 nitrogen and oxygen atoms in total. The molecule has 0 amide bonds. The minimum absolute atomic E-state index is 0.0263. The zero-order valence-corrected chi connectivity index (χ0v) is 16.6. The molecule has 3 N–H and O–H groups in total. The molecule has 0 bridgehead atoms. The molecule has 0 spiro atoms. The maximum Gasteiger partial charge on any atom is 0.303 e. The van der Waals surface area contributed by atoms with E-state index in [1.165, 1.54) is 64.2 Å². The molecule has 0 saturated carbocycles. The van der Waals surface area contributed by atoms with Crippen molar-refractivity contribution in [3.63, 3.8) is 0 Å². The summed E-state index contributed by atoms with van der Waals surface area (Å²) in [4.78, 5) is 33.9. The number of carboxylic acids is 1. The Morgan fingerprint density at radius 3 is 1.58 bits per heavy atom. The van der Waals surface area contributed by atoms with E-state index in [2.05, 4.69) is 6.92 Å². The minimum atomic E-state index is -1.00. The molecule has 0 radical (unpaired) electrons. The fraction of sp³-hybridized carbons (Fsp3) is 0.857. The van der Waals surface area contributed by atoms with Crippen LogP contribution < -0.4 is 5.73 Å². The summed E-state index contributed by atoms with van der Waals surface area (Å²) in [6.45, 7) is 2.24. The van der Waals surface area contributed by atoms with Gasteiger partial charge in [0.15, 0.2) is 5.78 Å². The van der Waals surface area contributed by atoms with Crippen molar-refractivity contribution in [1.29, 1.82) is 0 Å². The van der Waals surface area contributed by atoms with Gasteiger partial charge in [0.2, 0.25) is 5.78 Å². The summed E-state index contributed by atoms with van der Waals surface area (Å²) in [6.07, 6.45) is 16.1. The highest BCUT2D eigenvalue weighted by Crippen LogP contribution is 2.13. The van der Waals surface area contributed by atoms with E-state index in [4.69, 9.17) is 10.8 Å². The van der Waals surface area contributed by atoms with Gasteiger partial charge in [-0.3, -0.25) is 14.4 Å². The second-order valence-electron chi connectivity index (χ2n) is 7.32. The largest absolute Gasteiger partial charge is 0.481 e. The second kappa shape index (κ2) is 17.2. The average molecular weight is 370 g/mol. The molecule has 5 heteroatoms. The smallest absolute Gasteiger partial charge is 0.303 e. The van der Waals surface area contributed by atoms with Gasteiger partial charge < -0.3 is 10.8 Å². The molecule has 0 rings (SSSR count). The number of carboxylic acid groups (broad SMARTS) is 1. The first-order chi connectivity index (χ1) is 12.5. The molecule has 0 fully saturated rings. The van der Waals surface area contributed by atoms with Gasteiger partial charge in [0.1, 0.15) is 0 Å². The standard InChI is InChI=1S/C21H39NO4/c1-2-3-4-5-6-7-8-9-10-11-12-13-14-15-19(23)21(26)18(22)16-17-20(24)25/h18H,2-17,22H2,1H3,(H,24,25)/t18-/m0/s1. The number of carbonyl (C=O) groups excluding carboxylic acids is 2. The van der Waals surface area contributed by atoms with Crippen molar-refractivity contribution in [3.05, 3.63) is 0 Å². The third kappa shape index (κ3) is 15.1. The summed E-state index contributed by atoms with van der Waals surface area (Å²) in [5.74, 6) is -2.08. The second-order valence-corrected chi connectivity index (χ2v) is 7.32. The number of hydrogen-bond donors (Lipinski definition) is 2. The first kappa shape index (κ1) is 24.8. The Hall–Kier alpha value is -1.23. The van der Waals surface area contributed by atoms with Crippen LogP contribution in [0.2, 0.25) is 0 Å². The molecule has 0 saturated heterocycles. The topological polar surface area (TPSA) is 97.5 Å². The first-order valence-electron chi connectivity index (χ1n) is 10.5. The third-order valence-corrected chi connectivity index (χ3v) is 4.79. The predicted molar refractivity (Wildman–Crippen MR) is 105 cm³/mol. The average Bonchev–Trinajstić information content (AvgIpc) is 2.62. The number of nitrogens with two attached hydrogens (primary N) is 1. The normalized spacial score (nSPS) is 12.1. The lowest BCUT2D eigenvalue weighted by molar-refractivity contribution is -0.139. The molecule has 1 atom stereocenters. The molecule has 0 heterocycles. The maximum absolute atomic E-state index is 11.8. The Kier molecular flexibility index (Phi) is 16.4. The van der Waals surface area contributed by atoms with Crippen LogP contribution in [0.1, 0.15) is 110 Å². The van der Waals surface area contributed by atoms with Crippen molar-refractivity contribution < 1.29 is 19.5 Å². The van der Waals surface area contributed by atoms with E-state index < -0.39 is 23.6 Å². The molecule has 0 aromatic carbocycles. The molecule has 0 aromatic rings. The van der Waals surface area contributed by atoms with Crippen molar-refractivity contribution >= 4 is 17.5 Å². The van der Waals surface area contributed by atoms with Gasteiger partial charge in [0, 0.05) is 12.8 Å². The zero-order valence-electron chi connectivity index (χ0n) is 16.6. The number of hydrogen-bond acceptors (Lipinski definition) is 4. The van der Waals surface area contributed by atoms with Crippen LogP contribution in [0.15, 0.2) is 0 Å². The van der Waals surface area contributed by atoms with Crippen LogP contribution in [-0.2, 0) is 14.4 Å². The van der Waals surface area contributed by atoms with Crippen molar-refractivity contribution in [1.82, 2.24) is 0 Å². The van der Waals surface area contributed by atoms with Crippen LogP contribution >= 0.6 is 0 Å². The molecule has 0 aliphatic heterocycles. The van der Waals surface area contributed by atoms with E-state index in [0.29, 0.717) is 6.42 Å². The van der Waals surface area contributed by atoms with Crippen LogP contribution in [0.4, 0.5) is 0 Å². The van der Waals surface area contributed by atoms with Crippen molar-refractivity contribution in [2.75, 3.05) is 0 Å². The lowest BCUT2D eigenvalue weighted by Gasteiger charge is -2.08. The quantitative estimate of drug-likeness (QED) is 0.252. The lowest BCUT2D eigenvalue weighted by atomic mass is 10.00. The van der Waals surface area contributed by atoms with Crippen LogP contribution in [0, 0.1) is 0 Å². The molecule has 152 valence electrons. The van der Waals surface area contributed by atoms with Gasteiger partial charge >= 0.3 is 5.97 Å². The number of aliphatic carboxylic acids is 1. The summed E-state index contributed by atoms with van der Waals surface area (Å²) in [5, 5.41) is 8.57. The van der Waals surface area contributed by atoms with Crippen LogP contribution in [-0.4, -0.2) is 28.7 Å². The summed E-state index contributed by atoms with van der Waals surface area (Å²) in [6, 6.07) is -0.972. The summed E-state index contributed by atoms with van der Waals surface area (Å²) in [5.41, 5.74) is 5.58. The van der Waals surface area contributed by atoms with Crippen molar-refractivity contribution in [2.24, 2.45) is 5.73 Å². The monoisotopic (exact) mass is 369 g/mol. The highest BCUT2D eigenvalue weighted by molar-refractivity contribution is 6.39. The minimum Gasteiger partial charge on any atom is -0.481 e. The Balaban J connectivity index is 3.44. The number of rotatable bonds is 19. The third-order valence-electron chi connectivity index (χ3n) is 4.79. The fourth-order valence-electron chi connectivity index (χ4n) is 3.04. The van der Waals surface area contributed by atoms with Gasteiger partial charge in [0.25, 0.3) is 0 Å². The Morgan fingerprint density at radius 2 is 1.15 bits per heavy atom. The zero-order chi connectivity index (χ0) is 19.6. The van der Waals surface area contributed by atoms with Gasteiger partial charge in [-0.05, 0) is 12.8 Å². The van der Waals surface area contributed by atoms with E-state index in [9.17, 15) is 14.4 Å². The number of carbonyl (C=O) groups is 3. The number of ketones is 2. The van der Waals surface area contributed by atoms with Crippen LogP contribution in [0.5, 0.6) is 0 Å². The lowest BCUT2D eigenvalue weighted by Crippen LogP contribution is -2.36. The Labute approximate surface area is 159 Å². The Morgan fingerprint density at radius 1 is 0.731 bits per heavy atom. The molecular weight excluding hydrogens is 330 g/mol. The summed E-state index contributed by atoms with van der Waals surface area (Å²) >= 11 is 0. The molecule has 0 unspecified atom stereocenters. The van der Waals surface area contributed by atoms with E-state index in [-0.39, 0.29) is 19.3 Å². The molecular formula is C21H39NO4. The van der Waals surface area contributed by atoms with E-state index in [1.807, 2.05) is 0 Å². The van der Waals surface area contributed by atoms with Gasteiger partial charge in [-0.1, -0.05) is 84.0 Å². The van der Waals surface area contributed by atoms with Crippen LogP contribution in [0.25, 0.3) is 0 Å². The molecule has 0 aromatic heterocycles. The number of unbranched alkanes of at least 4 members (excludes halogenated alkanes) is 12. The van der Waals surface area contributed by atoms with E-state index in [0.717, 1.165) is 12.8 Å². The van der Waals surface area contributed by atoms with Crippen LogP contribution in [0.3, 0.4) is 0 Å². The number of Topliss-reactive ketones (excluding diaryl/α,β-unsaturated/α-hetero) is 2. The summed E-state index contributed by atoms with van der Waals surface area (Å²) < 4.78 is 0. The van der Waals surface area contributed by atoms with E-state index in [1.54, 1.807) is 0 Å². The van der Waals surface area contributed by atoms with Gasteiger partial charge in [0.05, 0.1) is 6.04 Å². The summed E-state index contributed by atoms with van der Waals surface area (Å²) in [7, 11) is 0. The molecule has 0 aliphatic carbocycles. The SMILES string of the molecule is CCCCCCCCCCCCCCCC(=O)C(=O)[C@@H](N)CCC(=O)O. The highest BCUT2D eigenvalue weighted by atomic mass is 16.4. The van der Waals surface area contributed by atoms with Crippen molar-refractivity contribution in [3.8, 4) is 0 Å². The Bertz CT molecular complexity index is 395. The van der Waals surface area contributed by atoms with E-state index >= 15 is 0 Å². The first-order valence-corrected chi connectivity index (χ1v) is 10.5. The molecule has 0 aliphatic rings. The van der Waals surface area contributed by atoms with Crippen molar-refractivity contribution in [2.45, 2.75) is 116 Å². The van der Waals surface area contributed by atoms with Gasteiger partial charge in [-0.25, -0.2) is 0 Å². The van der Waals surface area contributed by atoms with Gasteiger partial charge in [-0.2, -0.15) is 0 Å². The highest BCUT2D eigenvalue weighted by Gasteiger charge is 2.21.